The van der Waals surface area contributed by atoms with Crippen molar-refractivity contribution >= 4 is 17.5 Å². The molecule has 0 aliphatic carbocycles. The van der Waals surface area contributed by atoms with Crippen molar-refractivity contribution in [1.29, 1.82) is 0 Å². The molecule has 19 heavy (non-hydrogen) atoms. The third-order valence-electron chi connectivity index (χ3n) is 2.33. The molecule has 0 atom stereocenters. The summed E-state index contributed by atoms with van der Waals surface area (Å²) in [5, 5.41) is 9.09. The van der Waals surface area contributed by atoms with E-state index >= 15 is 0 Å². The molecule has 0 fully saturated rings. The van der Waals surface area contributed by atoms with Gasteiger partial charge >= 0.3 is 0 Å². The van der Waals surface area contributed by atoms with Crippen LogP contribution in [0.15, 0.2) is 36.9 Å². The van der Waals surface area contributed by atoms with Gasteiger partial charge in [-0.25, -0.2) is 9.67 Å². The summed E-state index contributed by atoms with van der Waals surface area (Å²) in [4.78, 5) is 26.0. The Morgan fingerprint density at radius 1 is 1.26 bits per heavy atom. The molecule has 0 saturated carbocycles. The van der Waals surface area contributed by atoms with Crippen LogP contribution in [0, 0.1) is 0 Å². The molecule has 2 N–H and O–H groups in total. The molecule has 0 aliphatic heterocycles. The average molecular weight is 259 g/mol. The minimum absolute atomic E-state index is 0.0415. The monoisotopic (exact) mass is 259 g/mol. The molecule has 1 heterocycles. The van der Waals surface area contributed by atoms with Gasteiger partial charge in [0.15, 0.2) is 0 Å². The summed E-state index contributed by atoms with van der Waals surface area (Å²) in [7, 11) is 0. The molecule has 7 nitrogen and oxygen atoms in total. The number of hydrogen-bond acceptors (Lipinski definition) is 4. The second-order valence-corrected chi connectivity index (χ2v) is 3.84. The fourth-order valence-electron chi connectivity index (χ4n) is 1.45. The third-order valence-corrected chi connectivity index (χ3v) is 2.33. The predicted octanol–water partition coefficient (Wildman–Crippen LogP) is 0.342. The number of anilines is 1. The number of aromatic nitrogens is 3. The van der Waals surface area contributed by atoms with Crippen molar-refractivity contribution < 1.29 is 9.59 Å². The zero-order valence-corrected chi connectivity index (χ0v) is 10.3. The van der Waals surface area contributed by atoms with Crippen LogP contribution in [0.25, 0.3) is 5.69 Å². The summed E-state index contributed by atoms with van der Waals surface area (Å²) in [6.07, 6.45) is 3.04. The number of hydrogen-bond donors (Lipinski definition) is 2. The van der Waals surface area contributed by atoms with Crippen LogP contribution in [-0.2, 0) is 9.59 Å². The number of nitrogens with zero attached hydrogens (tertiary/aromatic N) is 3. The second kappa shape index (κ2) is 5.76. The lowest BCUT2D eigenvalue weighted by Gasteiger charge is -2.06. The first-order chi connectivity index (χ1) is 9.15. The lowest BCUT2D eigenvalue weighted by Crippen LogP contribution is -2.31. The van der Waals surface area contributed by atoms with E-state index < -0.39 is 0 Å². The second-order valence-electron chi connectivity index (χ2n) is 3.84. The van der Waals surface area contributed by atoms with Crippen LogP contribution in [0.5, 0.6) is 0 Å². The summed E-state index contributed by atoms with van der Waals surface area (Å²) in [5.74, 6) is -0.514. The van der Waals surface area contributed by atoms with Gasteiger partial charge in [0.05, 0.1) is 12.2 Å². The van der Waals surface area contributed by atoms with Crippen molar-refractivity contribution in [3.8, 4) is 5.69 Å². The van der Waals surface area contributed by atoms with Crippen LogP contribution in [0.2, 0.25) is 0 Å². The van der Waals surface area contributed by atoms with E-state index in [0.29, 0.717) is 5.69 Å². The molecule has 0 radical (unpaired) electrons. The molecule has 98 valence electrons. The van der Waals surface area contributed by atoms with Crippen LogP contribution in [0.1, 0.15) is 6.92 Å². The highest BCUT2D eigenvalue weighted by Crippen LogP contribution is 2.11. The van der Waals surface area contributed by atoms with Crippen molar-refractivity contribution in [2.45, 2.75) is 6.92 Å². The Morgan fingerprint density at radius 2 is 2.00 bits per heavy atom. The Labute approximate surface area is 109 Å². The SMILES string of the molecule is CC(=O)NCC(=O)Nc1ccc(-n2cncn2)cc1. The minimum Gasteiger partial charge on any atom is -0.347 e. The molecule has 1 aromatic heterocycles. The number of carbonyl (C=O) groups excluding carboxylic acids is 2. The highest BCUT2D eigenvalue weighted by Gasteiger charge is 2.03. The van der Waals surface area contributed by atoms with Gasteiger partial charge < -0.3 is 10.6 Å². The van der Waals surface area contributed by atoms with Crippen LogP contribution >= 0.6 is 0 Å². The zero-order chi connectivity index (χ0) is 13.7. The van der Waals surface area contributed by atoms with E-state index in [2.05, 4.69) is 20.7 Å². The highest BCUT2D eigenvalue weighted by molar-refractivity contribution is 5.94. The number of nitrogens with one attached hydrogen (secondary N) is 2. The van der Waals surface area contributed by atoms with Crippen LogP contribution < -0.4 is 10.6 Å². The molecule has 0 bridgehead atoms. The first-order valence-corrected chi connectivity index (χ1v) is 5.64. The molecule has 0 saturated heterocycles. The third kappa shape index (κ3) is 3.63. The van der Waals surface area contributed by atoms with Crippen molar-refractivity contribution in [3.05, 3.63) is 36.9 Å². The number of amides is 2. The fraction of sp³-hybridized carbons (Fsp3) is 0.167. The molecule has 2 aromatic rings. The van der Waals surface area contributed by atoms with E-state index in [4.69, 9.17) is 0 Å². The number of rotatable bonds is 4. The van der Waals surface area contributed by atoms with Gasteiger partial charge in [0.1, 0.15) is 12.7 Å². The van der Waals surface area contributed by atoms with E-state index in [1.807, 2.05) is 12.1 Å². The average Bonchev–Trinajstić information content (AvgIpc) is 2.91. The summed E-state index contributed by atoms with van der Waals surface area (Å²) in [5.41, 5.74) is 1.50. The number of carbonyl (C=O) groups is 2. The first-order valence-electron chi connectivity index (χ1n) is 5.64. The maximum atomic E-state index is 11.5. The molecule has 2 amide bonds. The first kappa shape index (κ1) is 12.7. The van der Waals surface area contributed by atoms with Crippen LogP contribution in [0.4, 0.5) is 5.69 Å². The molecule has 0 unspecified atom stereocenters. The van der Waals surface area contributed by atoms with Gasteiger partial charge in [-0.3, -0.25) is 9.59 Å². The Bertz CT molecular complexity index is 562. The van der Waals surface area contributed by atoms with E-state index in [9.17, 15) is 9.59 Å². The van der Waals surface area contributed by atoms with Crippen molar-refractivity contribution in [1.82, 2.24) is 20.1 Å². The van der Waals surface area contributed by atoms with Gasteiger partial charge in [-0.1, -0.05) is 0 Å². The van der Waals surface area contributed by atoms with Gasteiger partial charge in [0.25, 0.3) is 0 Å². The van der Waals surface area contributed by atoms with Gasteiger partial charge in [-0.2, -0.15) is 5.10 Å². The molecule has 0 spiro atoms. The van der Waals surface area contributed by atoms with Gasteiger partial charge in [-0.05, 0) is 24.3 Å². The van der Waals surface area contributed by atoms with Crippen LogP contribution in [0.3, 0.4) is 0 Å². The van der Waals surface area contributed by atoms with E-state index in [1.54, 1.807) is 23.1 Å². The van der Waals surface area contributed by atoms with Gasteiger partial charge in [-0.15, -0.1) is 0 Å². The summed E-state index contributed by atoms with van der Waals surface area (Å²) in [6.45, 7) is 1.32. The predicted molar refractivity (Wildman–Crippen MR) is 68.7 cm³/mol. The molecule has 2 rings (SSSR count). The van der Waals surface area contributed by atoms with Crippen LogP contribution in [-0.4, -0.2) is 33.1 Å². The standard InChI is InChI=1S/C12H13N5O2/c1-9(18)14-6-12(19)16-10-2-4-11(5-3-10)17-8-13-7-15-17/h2-5,7-8H,6H2,1H3,(H,14,18)(H,16,19). The normalized spacial score (nSPS) is 9.95. The topological polar surface area (TPSA) is 88.9 Å². The Balaban J connectivity index is 1.95. The smallest absolute Gasteiger partial charge is 0.243 e. The van der Waals surface area contributed by atoms with Crippen molar-refractivity contribution in [2.75, 3.05) is 11.9 Å². The molecular formula is C12H13N5O2. The van der Waals surface area contributed by atoms with E-state index in [-0.39, 0.29) is 18.4 Å². The van der Waals surface area contributed by atoms with Gasteiger partial charge in [0.2, 0.25) is 11.8 Å². The highest BCUT2D eigenvalue weighted by atomic mass is 16.2. The Hall–Kier alpha value is -2.70. The molecule has 1 aromatic carbocycles. The van der Waals surface area contributed by atoms with E-state index in [0.717, 1.165) is 5.69 Å². The van der Waals surface area contributed by atoms with Crippen molar-refractivity contribution in [3.63, 3.8) is 0 Å². The molecule has 7 heteroatoms. The zero-order valence-electron chi connectivity index (χ0n) is 10.3. The lowest BCUT2D eigenvalue weighted by molar-refractivity contribution is -0.122. The summed E-state index contributed by atoms with van der Waals surface area (Å²) < 4.78 is 1.61. The Morgan fingerprint density at radius 3 is 2.58 bits per heavy atom. The summed E-state index contributed by atoms with van der Waals surface area (Å²) >= 11 is 0. The largest absolute Gasteiger partial charge is 0.347 e. The minimum atomic E-state index is -0.274. The maximum Gasteiger partial charge on any atom is 0.243 e. The number of benzene rings is 1. The molecule has 0 aliphatic rings. The fourth-order valence-corrected chi connectivity index (χ4v) is 1.45. The molecular weight excluding hydrogens is 246 g/mol. The lowest BCUT2D eigenvalue weighted by atomic mass is 10.3. The van der Waals surface area contributed by atoms with Crippen molar-refractivity contribution in [2.24, 2.45) is 0 Å². The maximum absolute atomic E-state index is 11.5. The summed E-state index contributed by atoms with van der Waals surface area (Å²) in [6, 6.07) is 7.12. The van der Waals surface area contributed by atoms with E-state index in [1.165, 1.54) is 13.3 Å². The quantitative estimate of drug-likeness (QED) is 0.828. The Kier molecular flexibility index (Phi) is 3.87. The van der Waals surface area contributed by atoms with Gasteiger partial charge in [0, 0.05) is 12.6 Å².